The lowest BCUT2D eigenvalue weighted by Gasteiger charge is -2.28. The number of rotatable bonds is 8. The fourth-order valence-electron chi connectivity index (χ4n) is 5.45. The molecule has 2 saturated carbocycles. The lowest BCUT2D eigenvalue weighted by atomic mass is 9.84. The second kappa shape index (κ2) is 9.45. The minimum atomic E-state index is 0.0717. The van der Waals surface area contributed by atoms with E-state index in [2.05, 4.69) is 44.1 Å². The molecule has 1 N–H and O–H groups in total. The molecule has 4 unspecified atom stereocenters. The number of hydrogen-bond acceptors (Lipinski definition) is 5. The molecule has 0 saturated heterocycles. The maximum absolute atomic E-state index is 12.7. The van der Waals surface area contributed by atoms with Crippen molar-refractivity contribution in [3.05, 3.63) is 60.4 Å². The SMILES string of the molecule is CC(NC(=O)CSc1nnc(-c2cccnc2)n1Cc1ccccc1)C1CC2CCC1C2. The van der Waals surface area contributed by atoms with Crippen molar-refractivity contribution in [2.24, 2.45) is 17.8 Å². The van der Waals surface area contributed by atoms with Crippen LogP contribution >= 0.6 is 11.8 Å². The Hall–Kier alpha value is -2.67. The summed E-state index contributed by atoms with van der Waals surface area (Å²) in [6, 6.07) is 14.4. The van der Waals surface area contributed by atoms with Crippen LogP contribution in [-0.2, 0) is 11.3 Å². The largest absolute Gasteiger partial charge is 0.353 e. The lowest BCUT2D eigenvalue weighted by Crippen LogP contribution is -2.40. The summed E-state index contributed by atoms with van der Waals surface area (Å²) in [5.41, 5.74) is 2.07. The van der Waals surface area contributed by atoms with E-state index in [1.165, 1.54) is 37.4 Å². The minimum Gasteiger partial charge on any atom is -0.353 e. The summed E-state index contributed by atoms with van der Waals surface area (Å²) in [5.74, 6) is 3.51. The van der Waals surface area contributed by atoms with Gasteiger partial charge in [-0.05, 0) is 61.6 Å². The number of thioether (sulfide) groups is 1. The van der Waals surface area contributed by atoms with Gasteiger partial charge in [0.2, 0.25) is 5.91 Å². The summed E-state index contributed by atoms with van der Waals surface area (Å²) in [5, 5.41) is 12.9. The molecule has 1 amide bonds. The predicted octanol–water partition coefficient (Wildman–Crippen LogP) is 4.42. The first-order valence-corrected chi connectivity index (χ1v) is 12.5. The summed E-state index contributed by atoms with van der Waals surface area (Å²) in [7, 11) is 0. The first-order valence-electron chi connectivity index (χ1n) is 11.5. The Morgan fingerprint density at radius 1 is 1.16 bits per heavy atom. The van der Waals surface area contributed by atoms with Crippen molar-refractivity contribution in [3.8, 4) is 11.4 Å². The highest BCUT2D eigenvalue weighted by molar-refractivity contribution is 7.99. The molecule has 0 radical (unpaired) electrons. The number of carbonyl (C=O) groups excluding carboxylic acids is 1. The van der Waals surface area contributed by atoms with Crippen LogP contribution in [0, 0.1) is 17.8 Å². The Morgan fingerprint density at radius 2 is 2.03 bits per heavy atom. The predicted molar refractivity (Wildman–Crippen MR) is 126 cm³/mol. The molecule has 2 aliphatic carbocycles. The van der Waals surface area contributed by atoms with Crippen LogP contribution in [0.25, 0.3) is 11.4 Å². The maximum atomic E-state index is 12.7. The molecule has 4 atom stereocenters. The van der Waals surface area contributed by atoms with Crippen molar-refractivity contribution in [1.29, 1.82) is 0 Å². The van der Waals surface area contributed by atoms with Gasteiger partial charge in [0.15, 0.2) is 11.0 Å². The number of amides is 1. The molecule has 3 aromatic rings. The van der Waals surface area contributed by atoms with Gasteiger partial charge in [-0.2, -0.15) is 0 Å². The fraction of sp³-hybridized carbons (Fsp3) is 0.440. The molecule has 5 rings (SSSR count). The van der Waals surface area contributed by atoms with Gasteiger partial charge < -0.3 is 5.32 Å². The molecule has 0 aliphatic heterocycles. The number of nitrogens with one attached hydrogen (secondary N) is 1. The molecule has 2 fully saturated rings. The van der Waals surface area contributed by atoms with Gasteiger partial charge in [0, 0.05) is 24.0 Å². The Bertz CT molecular complexity index is 1050. The summed E-state index contributed by atoms with van der Waals surface area (Å²) in [4.78, 5) is 17.0. The van der Waals surface area contributed by atoms with Crippen molar-refractivity contribution in [2.45, 2.75) is 50.4 Å². The first-order chi connectivity index (χ1) is 15.7. The van der Waals surface area contributed by atoms with Crippen LogP contribution in [0.3, 0.4) is 0 Å². The number of carbonyl (C=O) groups is 1. The molecule has 6 nitrogen and oxygen atoms in total. The number of fused-ring (bicyclic) bond motifs is 2. The van der Waals surface area contributed by atoms with Gasteiger partial charge in [0.05, 0.1) is 12.3 Å². The van der Waals surface area contributed by atoms with Gasteiger partial charge in [-0.25, -0.2) is 0 Å². The van der Waals surface area contributed by atoms with Crippen molar-refractivity contribution >= 4 is 17.7 Å². The standard InChI is InChI=1S/C25H29N5OS/c1-17(22-13-19-9-10-20(22)12-19)27-23(31)16-32-25-29-28-24(21-8-5-11-26-14-21)30(25)15-18-6-3-2-4-7-18/h2-8,11,14,17,19-20,22H,9-10,12-13,15-16H2,1H3,(H,27,31). The summed E-state index contributed by atoms with van der Waals surface area (Å²) < 4.78 is 2.07. The molecule has 2 aromatic heterocycles. The van der Waals surface area contributed by atoms with E-state index in [4.69, 9.17) is 0 Å². The monoisotopic (exact) mass is 447 g/mol. The molecule has 2 bridgehead atoms. The van der Waals surface area contributed by atoms with E-state index in [0.717, 1.165) is 33.9 Å². The van der Waals surface area contributed by atoms with Crippen LogP contribution < -0.4 is 5.32 Å². The number of hydrogen-bond donors (Lipinski definition) is 1. The third kappa shape index (κ3) is 4.58. The van der Waals surface area contributed by atoms with Crippen LogP contribution in [0.15, 0.2) is 60.0 Å². The van der Waals surface area contributed by atoms with E-state index in [1.807, 2.05) is 30.3 Å². The van der Waals surface area contributed by atoms with Gasteiger partial charge in [-0.15, -0.1) is 10.2 Å². The summed E-state index contributed by atoms with van der Waals surface area (Å²) >= 11 is 1.45. The highest BCUT2D eigenvalue weighted by atomic mass is 32.2. The Morgan fingerprint density at radius 3 is 2.75 bits per heavy atom. The van der Waals surface area contributed by atoms with E-state index in [1.54, 1.807) is 12.4 Å². The second-order valence-electron chi connectivity index (χ2n) is 9.10. The highest BCUT2D eigenvalue weighted by Gasteiger charge is 2.42. The fourth-order valence-corrected chi connectivity index (χ4v) is 6.20. The third-order valence-corrected chi connectivity index (χ3v) is 7.94. The zero-order valence-corrected chi connectivity index (χ0v) is 19.2. The van der Waals surface area contributed by atoms with E-state index in [9.17, 15) is 4.79 Å². The average Bonchev–Trinajstić information content (AvgIpc) is 3.55. The topological polar surface area (TPSA) is 72.7 Å². The van der Waals surface area contributed by atoms with Crippen molar-refractivity contribution < 1.29 is 4.79 Å². The lowest BCUT2D eigenvalue weighted by molar-refractivity contribution is -0.119. The molecule has 1 aromatic carbocycles. The third-order valence-electron chi connectivity index (χ3n) is 6.98. The van der Waals surface area contributed by atoms with E-state index in [-0.39, 0.29) is 11.9 Å². The highest BCUT2D eigenvalue weighted by Crippen LogP contribution is 2.49. The van der Waals surface area contributed by atoms with Crippen LogP contribution in [0.2, 0.25) is 0 Å². The van der Waals surface area contributed by atoms with Gasteiger partial charge in [0.25, 0.3) is 0 Å². The van der Waals surface area contributed by atoms with Gasteiger partial charge in [-0.3, -0.25) is 14.3 Å². The molecule has 2 heterocycles. The van der Waals surface area contributed by atoms with Crippen LogP contribution in [0.5, 0.6) is 0 Å². The number of pyridine rings is 1. The van der Waals surface area contributed by atoms with E-state index in [0.29, 0.717) is 18.2 Å². The smallest absolute Gasteiger partial charge is 0.230 e. The molecule has 32 heavy (non-hydrogen) atoms. The van der Waals surface area contributed by atoms with E-state index >= 15 is 0 Å². The van der Waals surface area contributed by atoms with Crippen LogP contribution in [0.1, 0.15) is 38.2 Å². The minimum absolute atomic E-state index is 0.0717. The zero-order chi connectivity index (χ0) is 21.9. The number of nitrogens with zero attached hydrogens (tertiary/aromatic N) is 4. The first kappa shape index (κ1) is 21.2. The van der Waals surface area contributed by atoms with Crippen LogP contribution in [-0.4, -0.2) is 37.5 Å². The average molecular weight is 448 g/mol. The van der Waals surface area contributed by atoms with Crippen molar-refractivity contribution in [2.75, 3.05) is 5.75 Å². The van der Waals surface area contributed by atoms with E-state index < -0.39 is 0 Å². The Labute approximate surface area is 193 Å². The molecule has 166 valence electrons. The molecule has 2 aliphatic rings. The van der Waals surface area contributed by atoms with Gasteiger partial charge in [0.1, 0.15) is 0 Å². The molecular weight excluding hydrogens is 418 g/mol. The number of benzene rings is 1. The summed E-state index contributed by atoms with van der Waals surface area (Å²) in [6.45, 7) is 2.82. The Kier molecular flexibility index (Phi) is 6.26. The number of aromatic nitrogens is 4. The Balaban J connectivity index is 1.27. The van der Waals surface area contributed by atoms with Crippen molar-refractivity contribution in [3.63, 3.8) is 0 Å². The molecule has 7 heteroatoms. The van der Waals surface area contributed by atoms with Crippen molar-refractivity contribution in [1.82, 2.24) is 25.1 Å². The van der Waals surface area contributed by atoms with Crippen LogP contribution in [0.4, 0.5) is 0 Å². The normalized spacial score (nSPS) is 22.7. The maximum Gasteiger partial charge on any atom is 0.230 e. The molecule has 0 spiro atoms. The second-order valence-corrected chi connectivity index (χ2v) is 10.0. The molecular formula is C25H29N5OS. The van der Waals surface area contributed by atoms with Gasteiger partial charge in [-0.1, -0.05) is 48.5 Å². The zero-order valence-electron chi connectivity index (χ0n) is 18.4. The quantitative estimate of drug-likeness (QED) is 0.518. The van der Waals surface area contributed by atoms with Gasteiger partial charge >= 0.3 is 0 Å². The summed E-state index contributed by atoms with van der Waals surface area (Å²) in [6.07, 6.45) is 8.90.